The zero-order valence-electron chi connectivity index (χ0n) is 6.43. The van der Waals surface area contributed by atoms with Gasteiger partial charge < -0.3 is 5.11 Å². The van der Waals surface area contributed by atoms with Crippen LogP contribution in [-0.4, -0.2) is 11.7 Å². The Hall–Kier alpha value is -0.560. The summed E-state index contributed by atoms with van der Waals surface area (Å²) in [5.41, 5.74) is 2.48. The third-order valence-electron chi connectivity index (χ3n) is 2.00. The van der Waals surface area contributed by atoms with Gasteiger partial charge in [0.2, 0.25) is 0 Å². The van der Waals surface area contributed by atoms with Gasteiger partial charge >= 0.3 is 0 Å². The van der Waals surface area contributed by atoms with E-state index in [1.807, 2.05) is 6.92 Å². The van der Waals surface area contributed by atoms with Crippen molar-refractivity contribution in [3.8, 4) is 0 Å². The lowest BCUT2D eigenvalue weighted by atomic mass is 10.1. The normalized spacial score (nSPS) is 24.6. The van der Waals surface area contributed by atoms with E-state index in [1.165, 1.54) is 5.57 Å². The average molecular weight is 138 g/mol. The number of allylic oxidation sites excluding steroid dienone is 2. The molecular weight excluding hydrogens is 124 g/mol. The largest absolute Gasteiger partial charge is 0.396 e. The van der Waals surface area contributed by atoms with Crippen LogP contribution in [0.4, 0.5) is 0 Å². The highest BCUT2D eigenvalue weighted by Crippen LogP contribution is 2.27. The van der Waals surface area contributed by atoms with E-state index in [4.69, 9.17) is 5.11 Å². The summed E-state index contributed by atoms with van der Waals surface area (Å²) in [6.45, 7) is 6.16. The van der Waals surface area contributed by atoms with Gasteiger partial charge in [-0.2, -0.15) is 0 Å². The van der Waals surface area contributed by atoms with Crippen molar-refractivity contribution in [1.29, 1.82) is 0 Å². The Morgan fingerprint density at radius 3 is 2.90 bits per heavy atom. The monoisotopic (exact) mass is 138 g/mol. The summed E-state index contributed by atoms with van der Waals surface area (Å²) in [6, 6.07) is 0. The number of rotatable bonds is 2. The van der Waals surface area contributed by atoms with Gasteiger partial charge in [-0.3, -0.25) is 0 Å². The Bertz CT molecular complexity index is 168. The predicted molar refractivity (Wildman–Crippen MR) is 42.7 cm³/mol. The zero-order valence-corrected chi connectivity index (χ0v) is 6.43. The summed E-state index contributed by atoms with van der Waals surface area (Å²) >= 11 is 0. The van der Waals surface area contributed by atoms with Crippen LogP contribution in [0.15, 0.2) is 23.8 Å². The minimum absolute atomic E-state index is 0.288. The maximum Gasteiger partial charge on any atom is 0.0494 e. The van der Waals surface area contributed by atoms with Gasteiger partial charge in [0.15, 0.2) is 0 Å². The molecular formula is C9H14O. The zero-order chi connectivity index (χ0) is 7.56. The second kappa shape index (κ2) is 3.02. The maximum atomic E-state index is 8.79. The third kappa shape index (κ3) is 1.48. The first-order chi connectivity index (χ1) is 4.74. The molecule has 0 heterocycles. The van der Waals surface area contributed by atoms with E-state index in [0.717, 1.165) is 18.4 Å². The highest BCUT2D eigenvalue weighted by atomic mass is 16.3. The standard InChI is InChI=1S/C9H14O/c1-7(2)9-4-3-8(5-9)6-10/h5,8,10H,1,3-4,6H2,2H3. The molecule has 0 aromatic rings. The molecule has 1 heteroatoms. The van der Waals surface area contributed by atoms with Crippen LogP contribution in [0.2, 0.25) is 0 Å². The Morgan fingerprint density at radius 1 is 1.90 bits per heavy atom. The summed E-state index contributed by atoms with van der Waals surface area (Å²) in [5, 5.41) is 8.79. The molecule has 0 aromatic carbocycles. The smallest absolute Gasteiger partial charge is 0.0494 e. The van der Waals surface area contributed by atoms with Crippen molar-refractivity contribution in [3.63, 3.8) is 0 Å². The lowest BCUT2D eigenvalue weighted by Gasteiger charge is -1.96. The van der Waals surface area contributed by atoms with Crippen molar-refractivity contribution in [2.75, 3.05) is 6.61 Å². The van der Waals surface area contributed by atoms with E-state index in [1.54, 1.807) is 0 Å². The van der Waals surface area contributed by atoms with Crippen LogP contribution in [0.3, 0.4) is 0 Å². The maximum absolute atomic E-state index is 8.79. The Kier molecular flexibility index (Phi) is 2.28. The molecule has 1 unspecified atom stereocenters. The second-order valence-electron chi connectivity index (χ2n) is 2.95. The molecule has 0 fully saturated rings. The van der Waals surface area contributed by atoms with Crippen molar-refractivity contribution < 1.29 is 5.11 Å². The van der Waals surface area contributed by atoms with Crippen molar-refractivity contribution in [3.05, 3.63) is 23.8 Å². The van der Waals surface area contributed by atoms with E-state index < -0.39 is 0 Å². The number of aliphatic hydroxyl groups is 1. The molecule has 1 N–H and O–H groups in total. The van der Waals surface area contributed by atoms with Gasteiger partial charge in [-0.15, -0.1) is 0 Å². The quantitative estimate of drug-likeness (QED) is 0.617. The van der Waals surface area contributed by atoms with Gasteiger partial charge in [0.1, 0.15) is 0 Å². The fourth-order valence-electron chi connectivity index (χ4n) is 1.29. The first-order valence-corrected chi connectivity index (χ1v) is 3.71. The van der Waals surface area contributed by atoms with E-state index in [9.17, 15) is 0 Å². The first kappa shape index (κ1) is 7.55. The topological polar surface area (TPSA) is 20.2 Å². The van der Waals surface area contributed by atoms with E-state index in [2.05, 4.69) is 12.7 Å². The fraction of sp³-hybridized carbons (Fsp3) is 0.556. The molecule has 10 heavy (non-hydrogen) atoms. The Labute approximate surface area is 62.1 Å². The van der Waals surface area contributed by atoms with E-state index in [0.29, 0.717) is 5.92 Å². The molecule has 1 nitrogen and oxygen atoms in total. The molecule has 0 spiro atoms. The predicted octanol–water partition coefficient (Wildman–Crippen LogP) is 1.89. The van der Waals surface area contributed by atoms with Crippen LogP contribution < -0.4 is 0 Å². The lowest BCUT2D eigenvalue weighted by Crippen LogP contribution is -1.96. The third-order valence-corrected chi connectivity index (χ3v) is 2.00. The molecule has 1 aliphatic rings. The van der Waals surface area contributed by atoms with Crippen LogP contribution >= 0.6 is 0 Å². The molecule has 0 saturated heterocycles. The van der Waals surface area contributed by atoms with E-state index in [-0.39, 0.29) is 6.61 Å². The summed E-state index contributed by atoms with van der Waals surface area (Å²) in [5.74, 6) is 0.395. The van der Waals surface area contributed by atoms with Gasteiger partial charge in [-0.1, -0.05) is 18.2 Å². The Morgan fingerprint density at radius 2 is 2.60 bits per heavy atom. The highest BCUT2D eigenvalue weighted by Gasteiger charge is 2.14. The van der Waals surface area contributed by atoms with Gasteiger partial charge in [0.25, 0.3) is 0 Å². The molecule has 0 amide bonds. The Balaban J connectivity index is 2.57. The minimum atomic E-state index is 0.288. The molecule has 0 aromatic heterocycles. The van der Waals surface area contributed by atoms with Gasteiger partial charge in [-0.05, 0) is 25.3 Å². The summed E-state index contributed by atoms with van der Waals surface area (Å²) < 4.78 is 0. The first-order valence-electron chi connectivity index (χ1n) is 3.71. The molecule has 0 radical (unpaired) electrons. The second-order valence-corrected chi connectivity index (χ2v) is 2.95. The summed E-state index contributed by atoms with van der Waals surface area (Å²) in [7, 11) is 0. The van der Waals surface area contributed by atoms with Crippen molar-refractivity contribution in [1.82, 2.24) is 0 Å². The molecule has 1 atom stereocenters. The minimum Gasteiger partial charge on any atom is -0.396 e. The van der Waals surface area contributed by atoms with Crippen molar-refractivity contribution in [2.24, 2.45) is 5.92 Å². The molecule has 0 saturated carbocycles. The number of aliphatic hydroxyl groups excluding tert-OH is 1. The SMILES string of the molecule is C=C(C)C1=CC(CO)CC1. The van der Waals surface area contributed by atoms with Gasteiger partial charge in [0, 0.05) is 12.5 Å². The number of hydrogen-bond donors (Lipinski definition) is 1. The molecule has 1 aliphatic carbocycles. The fourth-order valence-corrected chi connectivity index (χ4v) is 1.29. The van der Waals surface area contributed by atoms with Crippen LogP contribution in [0.25, 0.3) is 0 Å². The summed E-state index contributed by atoms with van der Waals surface area (Å²) in [6.07, 6.45) is 4.33. The number of hydrogen-bond acceptors (Lipinski definition) is 1. The van der Waals surface area contributed by atoms with Crippen molar-refractivity contribution >= 4 is 0 Å². The van der Waals surface area contributed by atoms with Crippen molar-refractivity contribution in [2.45, 2.75) is 19.8 Å². The highest BCUT2D eigenvalue weighted by molar-refractivity contribution is 5.29. The molecule has 1 rings (SSSR count). The summed E-state index contributed by atoms with van der Waals surface area (Å²) in [4.78, 5) is 0. The molecule has 56 valence electrons. The van der Waals surface area contributed by atoms with E-state index >= 15 is 0 Å². The van der Waals surface area contributed by atoms with Crippen LogP contribution in [0.1, 0.15) is 19.8 Å². The van der Waals surface area contributed by atoms with Crippen LogP contribution in [-0.2, 0) is 0 Å². The van der Waals surface area contributed by atoms with Gasteiger partial charge in [-0.25, -0.2) is 0 Å². The van der Waals surface area contributed by atoms with Crippen LogP contribution in [0, 0.1) is 5.92 Å². The van der Waals surface area contributed by atoms with Gasteiger partial charge in [0.05, 0.1) is 0 Å². The lowest BCUT2D eigenvalue weighted by molar-refractivity contribution is 0.251. The van der Waals surface area contributed by atoms with Crippen LogP contribution in [0.5, 0.6) is 0 Å². The molecule has 0 aliphatic heterocycles. The molecule has 0 bridgehead atoms. The average Bonchev–Trinajstić information content (AvgIpc) is 2.34.